The third-order valence-corrected chi connectivity index (χ3v) is 5.58. The van der Waals surface area contributed by atoms with E-state index in [2.05, 4.69) is 15.1 Å². The van der Waals surface area contributed by atoms with Gasteiger partial charge in [-0.2, -0.15) is 0 Å². The number of ether oxygens (including phenoxy) is 1. The summed E-state index contributed by atoms with van der Waals surface area (Å²) in [5.74, 6) is 0.618. The van der Waals surface area contributed by atoms with Crippen molar-refractivity contribution in [2.45, 2.75) is 33.1 Å². The van der Waals surface area contributed by atoms with Crippen molar-refractivity contribution in [3.8, 4) is 5.75 Å². The molecule has 0 radical (unpaired) electrons. The lowest BCUT2D eigenvalue weighted by Gasteiger charge is -2.39. The van der Waals surface area contributed by atoms with Gasteiger partial charge in [-0.3, -0.25) is 14.6 Å². The van der Waals surface area contributed by atoms with Gasteiger partial charge in [0.1, 0.15) is 11.9 Å². The second-order valence-corrected chi connectivity index (χ2v) is 8.27. The first-order valence-electron chi connectivity index (χ1n) is 10.3. The monoisotopic (exact) mass is 431 g/mol. The summed E-state index contributed by atoms with van der Waals surface area (Å²) in [6.45, 7) is 8.91. The highest BCUT2D eigenvalue weighted by Crippen LogP contribution is 2.22. The van der Waals surface area contributed by atoms with E-state index in [4.69, 9.17) is 16.3 Å². The van der Waals surface area contributed by atoms with Gasteiger partial charge in [0.05, 0.1) is 6.54 Å². The van der Waals surface area contributed by atoms with Crippen LogP contribution in [-0.2, 0) is 4.79 Å². The summed E-state index contributed by atoms with van der Waals surface area (Å²) in [6.07, 6.45) is -1.13. The molecule has 1 fully saturated rings. The Morgan fingerprint density at radius 2 is 1.77 bits per heavy atom. The Bertz CT molecular complexity index is 846. The minimum atomic E-state index is -0.664. The van der Waals surface area contributed by atoms with Crippen molar-refractivity contribution in [2.24, 2.45) is 0 Å². The lowest BCUT2D eigenvalue weighted by atomic mass is 10.1. The van der Waals surface area contributed by atoms with E-state index in [0.717, 1.165) is 29.9 Å². The molecule has 0 saturated carbocycles. The molecule has 30 heavy (non-hydrogen) atoms. The number of benzene rings is 2. The molecular weight excluding hydrogens is 402 g/mol. The zero-order valence-corrected chi connectivity index (χ0v) is 18.5. The van der Waals surface area contributed by atoms with E-state index in [9.17, 15) is 9.90 Å². The highest BCUT2D eigenvalue weighted by atomic mass is 35.5. The van der Waals surface area contributed by atoms with Gasteiger partial charge < -0.3 is 15.2 Å². The van der Waals surface area contributed by atoms with E-state index < -0.39 is 12.3 Å². The summed E-state index contributed by atoms with van der Waals surface area (Å²) in [5, 5.41) is 13.9. The summed E-state index contributed by atoms with van der Waals surface area (Å²) in [7, 11) is 0. The number of piperazine rings is 1. The molecule has 7 heteroatoms. The molecule has 0 aliphatic carbocycles. The number of nitrogens with one attached hydrogen (secondary N) is 1. The third-order valence-electron chi connectivity index (χ3n) is 5.35. The number of rotatable bonds is 7. The van der Waals surface area contributed by atoms with Crippen LogP contribution >= 0.6 is 11.6 Å². The Hall–Kier alpha value is -2.12. The van der Waals surface area contributed by atoms with Crippen LogP contribution < -0.4 is 10.1 Å². The maximum absolute atomic E-state index is 12.5. The quantitative estimate of drug-likeness (QED) is 0.704. The zero-order chi connectivity index (χ0) is 21.7. The lowest BCUT2D eigenvalue weighted by Crippen LogP contribution is -2.56. The van der Waals surface area contributed by atoms with E-state index >= 15 is 0 Å². The van der Waals surface area contributed by atoms with Gasteiger partial charge in [0.25, 0.3) is 0 Å². The number of aliphatic hydroxyl groups is 1. The number of hydrogen-bond donors (Lipinski definition) is 2. The van der Waals surface area contributed by atoms with Gasteiger partial charge in [0.2, 0.25) is 5.91 Å². The standard InChI is InChI=1S/C23H30ClN3O3/c1-16-6-4-7-17(2)22(16)25-21(29)15-26-10-12-27(13-11-26)23(18(3)28)30-20-9-5-8-19(24)14-20/h4-9,14,18,23,28H,10-13,15H2,1-3H3,(H,25,29). The fourth-order valence-electron chi connectivity index (χ4n) is 3.73. The van der Waals surface area contributed by atoms with Crippen LogP contribution in [0.2, 0.25) is 5.02 Å². The number of carbonyl (C=O) groups excluding carboxylic acids is 1. The molecule has 2 unspecified atom stereocenters. The average Bonchev–Trinajstić information content (AvgIpc) is 2.70. The number of anilines is 1. The largest absolute Gasteiger partial charge is 0.472 e. The van der Waals surface area contributed by atoms with Crippen molar-refractivity contribution in [3.63, 3.8) is 0 Å². The van der Waals surface area contributed by atoms with Crippen molar-refractivity contribution in [2.75, 3.05) is 38.0 Å². The number of aryl methyl sites for hydroxylation is 2. The number of para-hydroxylation sites is 1. The van der Waals surface area contributed by atoms with Crippen molar-refractivity contribution < 1.29 is 14.6 Å². The van der Waals surface area contributed by atoms with E-state index in [-0.39, 0.29) is 5.91 Å². The van der Waals surface area contributed by atoms with Crippen LogP contribution in [-0.4, -0.2) is 65.9 Å². The Balaban J connectivity index is 1.53. The number of aliphatic hydroxyl groups excluding tert-OH is 1. The second-order valence-electron chi connectivity index (χ2n) is 7.83. The molecule has 1 heterocycles. The van der Waals surface area contributed by atoms with E-state index in [1.165, 1.54) is 0 Å². The molecule has 2 atom stereocenters. The molecule has 2 aromatic carbocycles. The van der Waals surface area contributed by atoms with Crippen LogP contribution in [0.4, 0.5) is 5.69 Å². The van der Waals surface area contributed by atoms with Crippen LogP contribution in [0, 0.1) is 13.8 Å². The Morgan fingerprint density at radius 3 is 2.37 bits per heavy atom. The van der Waals surface area contributed by atoms with Gasteiger partial charge in [-0.25, -0.2) is 0 Å². The summed E-state index contributed by atoms with van der Waals surface area (Å²) >= 11 is 6.04. The summed E-state index contributed by atoms with van der Waals surface area (Å²) in [5.41, 5.74) is 3.02. The molecule has 2 N–H and O–H groups in total. The SMILES string of the molecule is Cc1cccc(C)c1NC(=O)CN1CCN(C(Oc2cccc(Cl)c2)C(C)O)CC1. The first-order chi connectivity index (χ1) is 14.3. The average molecular weight is 432 g/mol. The molecule has 1 saturated heterocycles. The second kappa shape index (κ2) is 10.3. The Morgan fingerprint density at radius 1 is 1.13 bits per heavy atom. The molecule has 2 aromatic rings. The molecule has 162 valence electrons. The molecule has 1 aliphatic rings. The van der Waals surface area contributed by atoms with E-state index in [0.29, 0.717) is 30.4 Å². The van der Waals surface area contributed by atoms with Gasteiger partial charge in [0.15, 0.2) is 6.23 Å². The van der Waals surface area contributed by atoms with Crippen molar-refractivity contribution in [1.82, 2.24) is 9.80 Å². The number of halogens is 1. The maximum Gasteiger partial charge on any atom is 0.238 e. The van der Waals surface area contributed by atoms with Crippen molar-refractivity contribution >= 4 is 23.2 Å². The number of carbonyl (C=O) groups is 1. The molecule has 0 aromatic heterocycles. The first-order valence-corrected chi connectivity index (χ1v) is 10.6. The van der Waals surface area contributed by atoms with Crippen molar-refractivity contribution in [1.29, 1.82) is 0 Å². The number of amides is 1. The molecule has 0 spiro atoms. The topological polar surface area (TPSA) is 65.0 Å². The normalized spacial score (nSPS) is 17.4. The minimum Gasteiger partial charge on any atom is -0.472 e. The molecule has 6 nitrogen and oxygen atoms in total. The predicted octanol–water partition coefficient (Wildman–Crippen LogP) is 3.30. The zero-order valence-electron chi connectivity index (χ0n) is 17.8. The highest BCUT2D eigenvalue weighted by molar-refractivity contribution is 6.30. The van der Waals surface area contributed by atoms with E-state index in [1.54, 1.807) is 19.1 Å². The predicted molar refractivity (Wildman–Crippen MR) is 120 cm³/mol. The summed E-state index contributed by atoms with van der Waals surface area (Å²) < 4.78 is 6.01. The van der Waals surface area contributed by atoms with Crippen molar-refractivity contribution in [3.05, 3.63) is 58.6 Å². The first kappa shape index (κ1) is 22.6. The fourth-order valence-corrected chi connectivity index (χ4v) is 3.91. The molecular formula is C23H30ClN3O3. The Labute approximate surface area is 183 Å². The van der Waals surface area contributed by atoms with Gasteiger partial charge >= 0.3 is 0 Å². The molecule has 3 rings (SSSR count). The van der Waals surface area contributed by atoms with Crippen LogP contribution in [0.5, 0.6) is 5.75 Å². The van der Waals surface area contributed by atoms with Crippen LogP contribution in [0.1, 0.15) is 18.1 Å². The maximum atomic E-state index is 12.5. The summed E-state index contributed by atoms with van der Waals surface area (Å²) in [6, 6.07) is 13.2. The van der Waals surface area contributed by atoms with Crippen LogP contribution in [0.25, 0.3) is 0 Å². The molecule has 1 aliphatic heterocycles. The fraction of sp³-hybridized carbons (Fsp3) is 0.435. The number of hydrogen-bond acceptors (Lipinski definition) is 5. The molecule has 0 bridgehead atoms. The smallest absolute Gasteiger partial charge is 0.238 e. The minimum absolute atomic E-state index is 0.0110. The highest BCUT2D eigenvalue weighted by Gasteiger charge is 2.29. The van der Waals surface area contributed by atoms with E-state index in [1.807, 2.05) is 44.2 Å². The van der Waals surface area contributed by atoms with Gasteiger partial charge in [-0.05, 0) is 50.1 Å². The Kier molecular flexibility index (Phi) is 7.72. The van der Waals surface area contributed by atoms with Gasteiger partial charge in [0, 0.05) is 36.9 Å². The lowest BCUT2D eigenvalue weighted by molar-refractivity contribution is -0.118. The molecule has 1 amide bonds. The third kappa shape index (κ3) is 5.95. The number of nitrogens with zero attached hydrogens (tertiary/aromatic N) is 2. The van der Waals surface area contributed by atoms with Gasteiger partial charge in [-0.15, -0.1) is 0 Å². The van der Waals surface area contributed by atoms with Crippen LogP contribution in [0.3, 0.4) is 0 Å². The van der Waals surface area contributed by atoms with Crippen LogP contribution in [0.15, 0.2) is 42.5 Å². The summed E-state index contributed by atoms with van der Waals surface area (Å²) in [4.78, 5) is 16.8. The van der Waals surface area contributed by atoms with Gasteiger partial charge in [-0.1, -0.05) is 35.9 Å².